The molecule has 0 fully saturated rings. The van der Waals surface area contributed by atoms with Crippen LogP contribution in [0.5, 0.6) is 0 Å². The van der Waals surface area contributed by atoms with E-state index in [9.17, 15) is 0 Å². The Hall–Kier alpha value is 0.380. The molecule has 14 heavy (non-hydrogen) atoms. The van der Waals surface area contributed by atoms with Crippen molar-refractivity contribution in [3.8, 4) is 0 Å². The van der Waals surface area contributed by atoms with Crippen LogP contribution in [0.4, 0.5) is 0 Å². The van der Waals surface area contributed by atoms with Crippen molar-refractivity contribution in [2.24, 2.45) is 0 Å². The van der Waals surface area contributed by atoms with Crippen molar-refractivity contribution >= 4 is 15.1 Å². The molecule has 0 bridgehead atoms. The second-order valence-electron chi connectivity index (χ2n) is 2.65. The van der Waals surface area contributed by atoms with Gasteiger partial charge in [0, 0.05) is 0 Å². The molecule has 0 aliphatic heterocycles. The van der Waals surface area contributed by atoms with Gasteiger partial charge in [0.15, 0.2) is 0 Å². The van der Waals surface area contributed by atoms with E-state index < -0.39 is 15.1 Å². The molecule has 0 aromatic rings. The first kappa shape index (κ1) is 16.8. The van der Waals surface area contributed by atoms with Gasteiger partial charge in [0.25, 0.3) is 0 Å². The van der Waals surface area contributed by atoms with Crippen LogP contribution in [0.1, 0.15) is 0 Å². The molecule has 0 spiro atoms. The number of hydrogen-bond donors (Lipinski definition) is 7. The van der Waals surface area contributed by atoms with Gasteiger partial charge in [-0.1, -0.05) is 0 Å². The quantitative estimate of drug-likeness (QED) is 0.273. The van der Waals surface area contributed by atoms with E-state index in [0.29, 0.717) is 0 Å². The Kier molecular flexibility index (Phi) is 9.17. The van der Waals surface area contributed by atoms with Gasteiger partial charge in [-0.2, -0.15) is 0 Å². The molecule has 90 valence electrons. The molecule has 0 aliphatic carbocycles. The van der Waals surface area contributed by atoms with E-state index in [4.69, 9.17) is 39.7 Å². The predicted molar refractivity (Wildman–Crippen MR) is 50.9 cm³/mol. The fraction of sp³-hybridized carbons (Fsp3) is 1.00. The van der Waals surface area contributed by atoms with Gasteiger partial charge in [0.05, 0.1) is 0 Å². The second-order valence-corrected chi connectivity index (χ2v) is 7.94. The molecule has 0 atom stereocenters. The van der Waals surface area contributed by atoms with Gasteiger partial charge in [0.1, 0.15) is 0 Å². The van der Waals surface area contributed by atoms with E-state index in [1.165, 1.54) is 0 Å². The summed E-state index contributed by atoms with van der Waals surface area (Å²) >= 11 is 0. The number of rotatable bonds is 4. The maximum absolute atomic E-state index is 8.88. The summed E-state index contributed by atoms with van der Waals surface area (Å²) in [6, 6.07) is 0. The van der Waals surface area contributed by atoms with Crippen LogP contribution < -0.4 is 0 Å². The molecule has 8 nitrogen and oxygen atoms in total. The van der Waals surface area contributed by atoms with Crippen molar-refractivity contribution in [3.05, 3.63) is 0 Å². The van der Waals surface area contributed by atoms with Crippen molar-refractivity contribution in [1.29, 1.82) is 0 Å². The summed E-state index contributed by atoms with van der Waals surface area (Å²) in [6.07, 6.45) is -1.07. The summed E-state index contributed by atoms with van der Waals surface area (Å²) in [5, 5.41) is 34.2. The van der Waals surface area contributed by atoms with Gasteiger partial charge < -0.3 is 14.7 Å². The summed E-state index contributed by atoms with van der Waals surface area (Å²) in [5.74, 6) is 0. The van der Waals surface area contributed by atoms with Gasteiger partial charge in [-0.25, -0.2) is 4.57 Å². The van der Waals surface area contributed by atoms with E-state index in [0.717, 1.165) is 0 Å². The third kappa shape index (κ3) is 10.5. The summed E-state index contributed by atoms with van der Waals surface area (Å²) in [4.78, 5) is 21.6. The molecule has 0 aliphatic rings. The van der Waals surface area contributed by atoms with Gasteiger partial charge in [0.2, 0.25) is 0 Å². The molecule has 0 radical (unpaired) electrons. The molecule has 0 unspecified atom stereocenters. The Bertz CT molecular complexity index is 148. The average molecular weight is 254 g/mol. The van der Waals surface area contributed by atoms with E-state index >= 15 is 0 Å². The molecule has 0 saturated carbocycles. The second kappa shape index (κ2) is 7.64. The number of aliphatic hydroxyl groups is 4. The third-order valence-electron chi connectivity index (χ3n) is 1.34. The van der Waals surface area contributed by atoms with Crippen LogP contribution in [0.3, 0.4) is 0 Å². The predicted octanol–water partition coefficient (Wildman–Crippen LogP) is -2.39. The average Bonchev–Trinajstić information content (AvgIpc) is 2.07. The van der Waals surface area contributed by atoms with E-state index in [1.54, 1.807) is 0 Å². The van der Waals surface area contributed by atoms with Gasteiger partial charge in [-0.15, -0.1) is 0 Å². The first-order chi connectivity index (χ1) is 6.24. The first-order valence-corrected chi connectivity index (χ1v) is 7.86. The van der Waals surface area contributed by atoms with Gasteiger partial charge in [-0.3, -0.25) is 0 Å². The molecule has 10 heteroatoms. The van der Waals surface area contributed by atoms with Crippen molar-refractivity contribution in [2.75, 3.05) is 25.4 Å². The molecule has 0 rings (SSSR count). The minimum absolute atomic E-state index is 0.267. The Morgan fingerprint density at radius 1 is 0.786 bits per heavy atom. The molecular formula is C4H16O8P2. The number of phosphoric acid groups is 1. The van der Waals surface area contributed by atoms with Crippen LogP contribution in [0, 0.1) is 0 Å². The Balaban J connectivity index is 0. The van der Waals surface area contributed by atoms with Gasteiger partial charge in [-0.05, 0) is 0 Å². The minimum atomic E-state index is -4.64. The molecular weight excluding hydrogens is 238 g/mol. The van der Waals surface area contributed by atoms with Crippen LogP contribution in [-0.2, 0) is 4.57 Å². The van der Waals surface area contributed by atoms with Crippen LogP contribution in [0.2, 0.25) is 0 Å². The zero-order valence-electron chi connectivity index (χ0n) is 7.31. The molecule has 0 saturated heterocycles. The molecule has 7 N–H and O–H groups in total. The SMILES string of the molecule is O=P(O)(O)O.OC[PH](CO)(CO)CO. The molecule has 0 amide bonds. The zero-order valence-corrected chi connectivity index (χ0v) is 9.21. The maximum atomic E-state index is 8.88. The van der Waals surface area contributed by atoms with Crippen molar-refractivity contribution in [1.82, 2.24) is 0 Å². The van der Waals surface area contributed by atoms with Crippen LogP contribution >= 0.6 is 15.1 Å². The zero-order chi connectivity index (χ0) is 11.8. The Labute approximate surface area is 81.0 Å². The number of hydrogen-bond acceptors (Lipinski definition) is 5. The molecule has 0 aromatic heterocycles. The molecule has 0 aromatic carbocycles. The summed E-state index contributed by atoms with van der Waals surface area (Å²) < 4.78 is 8.88. The fourth-order valence-electron chi connectivity index (χ4n) is 0.300. The summed E-state index contributed by atoms with van der Waals surface area (Å²) in [5.41, 5.74) is 0. The normalized spacial score (nSPS) is 13.1. The van der Waals surface area contributed by atoms with Crippen molar-refractivity contribution in [3.63, 3.8) is 0 Å². The molecule has 0 heterocycles. The van der Waals surface area contributed by atoms with Crippen LogP contribution in [0.15, 0.2) is 0 Å². The summed E-state index contributed by atoms with van der Waals surface area (Å²) in [6.45, 7) is 0. The monoisotopic (exact) mass is 254 g/mol. The van der Waals surface area contributed by atoms with Gasteiger partial charge >= 0.3 is 60.9 Å². The van der Waals surface area contributed by atoms with E-state index in [-0.39, 0.29) is 25.4 Å². The van der Waals surface area contributed by atoms with Crippen molar-refractivity contribution < 1.29 is 39.7 Å². The number of aliphatic hydroxyl groups excluding tert-OH is 4. The standard InChI is InChI=1S/C4H13O4P.H3O4P/c5-1-9(2-6,3-7)4-8;1-5(2,3)4/h5-9H,1-4H2;(H3,1,2,3,4). The topological polar surface area (TPSA) is 159 Å². The van der Waals surface area contributed by atoms with E-state index in [1.807, 2.05) is 0 Å². The van der Waals surface area contributed by atoms with Crippen LogP contribution in [-0.4, -0.2) is 60.5 Å². The Morgan fingerprint density at radius 3 is 0.929 bits per heavy atom. The van der Waals surface area contributed by atoms with Crippen LogP contribution in [0.25, 0.3) is 0 Å². The Morgan fingerprint density at radius 2 is 0.929 bits per heavy atom. The third-order valence-corrected chi connectivity index (χ3v) is 4.02. The van der Waals surface area contributed by atoms with E-state index in [2.05, 4.69) is 0 Å². The fourth-order valence-corrected chi connectivity index (χ4v) is 0.900. The summed E-state index contributed by atoms with van der Waals surface area (Å²) in [7, 11) is -7.11. The first-order valence-electron chi connectivity index (χ1n) is 3.46. The van der Waals surface area contributed by atoms with Crippen molar-refractivity contribution in [2.45, 2.75) is 0 Å².